The smallest absolute Gasteiger partial charge is 0.317 e. The topological polar surface area (TPSA) is 72.3 Å². The molecule has 0 radical (unpaired) electrons. The van der Waals surface area contributed by atoms with E-state index < -0.39 is 13.0 Å². The molecule has 0 spiro atoms. The minimum atomic E-state index is -2.53. The summed E-state index contributed by atoms with van der Waals surface area (Å²) in [6, 6.07) is 14.0. The summed E-state index contributed by atoms with van der Waals surface area (Å²) in [7, 11) is 1.72. The van der Waals surface area contributed by atoms with Crippen LogP contribution in [-0.2, 0) is 6.54 Å². The molecule has 0 aliphatic carbocycles. The number of nitrogens with zero attached hydrogens (tertiary/aromatic N) is 4. The molecular weight excluding hydrogens is 392 g/mol. The molecule has 1 atom stereocenters. The third-order valence-corrected chi connectivity index (χ3v) is 4.68. The molecule has 0 saturated carbocycles. The fourth-order valence-corrected chi connectivity index (χ4v) is 2.85. The second-order valence-corrected chi connectivity index (χ2v) is 6.73. The molecule has 0 aliphatic rings. The van der Waals surface area contributed by atoms with Crippen molar-refractivity contribution < 1.29 is 18.3 Å². The molecule has 1 unspecified atom stereocenters. The largest absolute Gasteiger partial charge is 0.488 e. The van der Waals surface area contributed by atoms with Crippen LogP contribution in [0.3, 0.4) is 0 Å². The lowest BCUT2D eigenvalue weighted by molar-refractivity contribution is 0.0818. The van der Waals surface area contributed by atoms with Crippen molar-refractivity contribution in [2.75, 3.05) is 13.7 Å². The van der Waals surface area contributed by atoms with Gasteiger partial charge in [0, 0.05) is 13.6 Å². The van der Waals surface area contributed by atoms with E-state index in [-0.39, 0.29) is 18.6 Å². The van der Waals surface area contributed by atoms with Crippen molar-refractivity contribution >= 4 is 6.03 Å². The Morgan fingerprint density at radius 3 is 2.67 bits per heavy atom. The first kappa shape index (κ1) is 21.2. The summed E-state index contributed by atoms with van der Waals surface area (Å²) in [5, 5.41) is 6.92. The predicted octanol–water partition coefficient (Wildman–Crippen LogP) is 3.81. The van der Waals surface area contributed by atoms with Crippen molar-refractivity contribution in [3.63, 3.8) is 0 Å². The maximum Gasteiger partial charge on any atom is 0.317 e. The quantitative estimate of drug-likeness (QED) is 0.607. The lowest BCUT2D eigenvalue weighted by Crippen LogP contribution is -2.38. The minimum Gasteiger partial charge on any atom is -0.488 e. The summed E-state index contributed by atoms with van der Waals surface area (Å²) in [5.74, 6) is 0.344. The number of hydrogen-bond donors (Lipinski definition) is 1. The van der Waals surface area contributed by atoms with Gasteiger partial charge in [-0.15, -0.1) is 0 Å². The Morgan fingerprint density at radius 1 is 1.23 bits per heavy atom. The molecule has 7 nitrogen and oxygen atoms in total. The number of ether oxygens (including phenoxy) is 1. The molecule has 1 aromatic heterocycles. The summed E-state index contributed by atoms with van der Waals surface area (Å²) < 4.78 is 31.2. The maximum absolute atomic E-state index is 12.5. The number of benzene rings is 2. The average Bonchev–Trinajstić information content (AvgIpc) is 3.30. The van der Waals surface area contributed by atoms with E-state index in [2.05, 4.69) is 15.4 Å². The highest BCUT2D eigenvalue weighted by Crippen LogP contribution is 2.20. The summed E-state index contributed by atoms with van der Waals surface area (Å²) in [6.07, 6.45) is 0.551. The molecule has 2 amide bonds. The summed E-state index contributed by atoms with van der Waals surface area (Å²) in [5.41, 5.74) is 2.61. The van der Waals surface area contributed by atoms with Crippen molar-refractivity contribution in [2.45, 2.75) is 25.9 Å². The van der Waals surface area contributed by atoms with Crippen LogP contribution in [0.25, 0.3) is 5.69 Å². The van der Waals surface area contributed by atoms with Crippen LogP contribution in [0.1, 0.15) is 24.1 Å². The van der Waals surface area contributed by atoms with E-state index in [9.17, 15) is 13.6 Å². The molecule has 0 bridgehead atoms. The van der Waals surface area contributed by atoms with Gasteiger partial charge in [0.2, 0.25) is 0 Å². The van der Waals surface area contributed by atoms with Crippen molar-refractivity contribution in [1.29, 1.82) is 0 Å². The zero-order chi connectivity index (χ0) is 21.5. The Bertz CT molecular complexity index is 948. The second-order valence-electron chi connectivity index (χ2n) is 6.73. The Morgan fingerprint density at radius 2 is 2.00 bits per heavy atom. The zero-order valence-electron chi connectivity index (χ0n) is 16.7. The van der Waals surface area contributed by atoms with Crippen molar-refractivity contribution in [3.8, 4) is 11.4 Å². The van der Waals surface area contributed by atoms with Crippen LogP contribution in [0, 0.1) is 0 Å². The molecule has 0 saturated heterocycles. The van der Waals surface area contributed by atoms with Gasteiger partial charge >= 0.3 is 6.03 Å². The summed E-state index contributed by atoms with van der Waals surface area (Å²) >= 11 is 0. The summed E-state index contributed by atoms with van der Waals surface area (Å²) in [6.45, 7) is 1.53. The third kappa shape index (κ3) is 5.53. The van der Waals surface area contributed by atoms with Crippen LogP contribution in [0.2, 0.25) is 0 Å². The SMILES string of the molecule is CC(c1ccc(-n2cncn2)cc1)N(C)C(=O)NCc1cccc(OCC(F)F)c1. The zero-order valence-corrected chi connectivity index (χ0v) is 16.7. The van der Waals surface area contributed by atoms with E-state index in [1.165, 1.54) is 6.33 Å². The highest BCUT2D eigenvalue weighted by Gasteiger charge is 2.17. The van der Waals surface area contributed by atoms with E-state index in [0.717, 1.165) is 16.8 Å². The maximum atomic E-state index is 12.5. The van der Waals surface area contributed by atoms with E-state index in [1.54, 1.807) is 47.2 Å². The molecular formula is C21H23F2N5O2. The highest BCUT2D eigenvalue weighted by molar-refractivity contribution is 5.74. The molecule has 1 N–H and O–H groups in total. The minimum absolute atomic E-state index is 0.157. The number of amides is 2. The molecule has 9 heteroatoms. The van der Waals surface area contributed by atoms with Gasteiger partial charge in [0.05, 0.1) is 11.7 Å². The fourth-order valence-electron chi connectivity index (χ4n) is 2.85. The third-order valence-electron chi connectivity index (χ3n) is 4.68. The monoisotopic (exact) mass is 415 g/mol. The molecule has 2 aromatic carbocycles. The molecule has 1 heterocycles. The number of hydrogen-bond acceptors (Lipinski definition) is 4. The number of urea groups is 1. The van der Waals surface area contributed by atoms with Gasteiger partial charge in [0.25, 0.3) is 6.43 Å². The average molecular weight is 415 g/mol. The van der Waals surface area contributed by atoms with E-state index in [4.69, 9.17) is 4.74 Å². The van der Waals surface area contributed by atoms with Gasteiger partial charge in [0.1, 0.15) is 25.0 Å². The first-order chi connectivity index (χ1) is 14.4. The molecule has 30 heavy (non-hydrogen) atoms. The van der Waals surface area contributed by atoms with Crippen LogP contribution in [0.15, 0.2) is 61.2 Å². The van der Waals surface area contributed by atoms with Crippen LogP contribution in [-0.4, -0.2) is 45.8 Å². The Labute approximate surface area is 173 Å². The molecule has 3 rings (SSSR count). The first-order valence-electron chi connectivity index (χ1n) is 9.39. The van der Waals surface area contributed by atoms with Crippen molar-refractivity contribution in [1.82, 2.24) is 25.0 Å². The van der Waals surface area contributed by atoms with E-state index in [1.807, 2.05) is 31.2 Å². The lowest BCUT2D eigenvalue weighted by atomic mass is 10.1. The molecule has 0 aliphatic heterocycles. The summed E-state index contributed by atoms with van der Waals surface area (Å²) in [4.78, 5) is 18.1. The van der Waals surface area contributed by atoms with Crippen molar-refractivity contribution in [3.05, 3.63) is 72.3 Å². The lowest BCUT2D eigenvalue weighted by Gasteiger charge is -2.26. The van der Waals surface area contributed by atoms with Gasteiger partial charge in [-0.05, 0) is 42.3 Å². The highest BCUT2D eigenvalue weighted by atomic mass is 19.3. The number of carbonyl (C=O) groups is 1. The van der Waals surface area contributed by atoms with Gasteiger partial charge in [0.15, 0.2) is 0 Å². The van der Waals surface area contributed by atoms with Crippen LogP contribution >= 0.6 is 0 Å². The number of halogens is 2. The molecule has 158 valence electrons. The van der Waals surface area contributed by atoms with Crippen molar-refractivity contribution in [2.24, 2.45) is 0 Å². The second kappa shape index (κ2) is 9.82. The standard InChI is InChI=1S/C21H23F2N5O2/c1-15(17-6-8-18(9-7-17)28-14-24-13-26-28)27(2)21(29)25-11-16-4-3-5-19(10-16)30-12-20(22)23/h3-10,13-15,20H,11-12H2,1-2H3,(H,25,29). The molecule has 3 aromatic rings. The Kier molecular flexibility index (Phi) is 6.95. The van der Waals surface area contributed by atoms with Crippen LogP contribution in [0.4, 0.5) is 13.6 Å². The number of aromatic nitrogens is 3. The first-order valence-corrected chi connectivity index (χ1v) is 9.39. The van der Waals surface area contributed by atoms with E-state index >= 15 is 0 Å². The van der Waals surface area contributed by atoms with Gasteiger partial charge in [-0.25, -0.2) is 23.2 Å². The molecule has 0 fully saturated rings. The number of alkyl halides is 2. The normalized spacial score (nSPS) is 11.9. The van der Waals surface area contributed by atoms with Gasteiger partial charge in [-0.2, -0.15) is 5.10 Å². The van der Waals surface area contributed by atoms with Crippen LogP contribution in [0.5, 0.6) is 5.75 Å². The number of rotatable bonds is 8. The number of nitrogens with one attached hydrogen (secondary N) is 1. The predicted molar refractivity (Wildman–Crippen MR) is 108 cm³/mol. The number of carbonyl (C=O) groups excluding carboxylic acids is 1. The van der Waals surface area contributed by atoms with Gasteiger partial charge < -0.3 is 15.0 Å². The van der Waals surface area contributed by atoms with Gasteiger partial charge in [-0.3, -0.25) is 0 Å². The fraction of sp³-hybridized carbons (Fsp3) is 0.286. The Balaban J connectivity index is 1.55. The Hall–Kier alpha value is -3.49. The van der Waals surface area contributed by atoms with Gasteiger partial charge in [-0.1, -0.05) is 24.3 Å². The van der Waals surface area contributed by atoms with Crippen LogP contribution < -0.4 is 10.1 Å². The van der Waals surface area contributed by atoms with E-state index in [0.29, 0.717) is 5.75 Å².